The Balaban J connectivity index is 1.40. The quantitative estimate of drug-likeness (QED) is 0.283. The number of halogens is 1. The molecule has 1 aliphatic rings. The molecule has 8 nitrogen and oxygen atoms in total. The maximum Gasteiger partial charge on any atom is 0.335 e. The predicted molar refractivity (Wildman–Crippen MR) is 131 cm³/mol. The second-order valence-electron chi connectivity index (χ2n) is 7.35. The van der Waals surface area contributed by atoms with Gasteiger partial charge >= 0.3 is 6.03 Å². The van der Waals surface area contributed by atoms with Crippen molar-refractivity contribution in [3.63, 3.8) is 0 Å². The van der Waals surface area contributed by atoms with E-state index in [1.54, 1.807) is 43.5 Å². The van der Waals surface area contributed by atoms with Crippen LogP contribution in [0.15, 0.2) is 78.4 Å². The average molecular weight is 493 g/mol. The molecule has 4 amide bonds. The number of benzene rings is 3. The first-order chi connectivity index (χ1) is 17.0. The van der Waals surface area contributed by atoms with E-state index in [1.807, 2.05) is 24.3 Å². The molecule has 1 N–H and O–H groups in total. The largest absolute Gasteiger partial charge is 0.493 e. The topological polar surface area (TPSA) is 94.2 Å². The van der Waals surface area contributed by atoms with Crippen molar-refractivity contribution in [3.05, 3.63) is 89.0 Å². The summed E-state index contributed by atoms with van der Waals surface area (Å²) in [4.78, 5) is 38.4. The Kier molecular flexibility index (Phi) is 7.32. The lowest BCUT2D eigenvalue weighted by molar-refractivity contribution is -0.122. The van der Waals surface area contributed by atoms with Gasteiger partial charge in [-0.2, -0.15) is 0 Å². The Hall–Kier alpha value is -4.30. The zero-order chi connectivity index (χ0) is 24.8. The number of carbonyl (C=O) groups excluding carboxylic acids is 3. The summed E-state index contributed by atoms with van der Waals surface area (Å²) < 4.78 is 16.6. The summed E-state index contributed by atoms with van der Waals surface area (Å²) in [6, 6.07) is 19.5. The number of urea groups is 1. The standard InChI is InChI=1S/C26H21ClN2O6/c1-33-22-4-2-3-5-23(22)35-15-14-34-20-12-6-17(7-13-20)16-21-24(30)28-26(32)29(25(21)31)19-10-8-18(27)9-11-19/h2-13,16H,14-15H2,1H3,(H,28,30,32)/b21-16+. The molecule has 0 saturated carbocycles. The number of barbiturate groups is 1. The number of imide groups is 2. The summed E-state index contributed by atoms with van der Waals surface area (Å²) in [6.45, 7) is 0.618. The fourth-order valence-corrected chi connectivity index (χ4v) is 3.48. The number of hydrogen-bond acceptors (Lipinski definition) is 6. The number of ether oxygens (including phenoxy) is 3. The molecule has 0 aromatic heterocycles. The molecule has 178 valence electrons. The number of amides is 4. The third-order valence-corrected chi connectivity index (χ3v) is 5.31. The van der Waals surface area contributed by atoms with Gasteiger partial charge in [0.15, 0.2) is 11.5 Å². The van der Waals surface area contributed by atoms with E-state index in [0.717, 1.165) is 4.90 Å². The molecule has 0 aliphatic carbocycles. The van der Waals surface area contributed by atoms with E-state index in [0.29, 0.717) is 46.7 Å². The van der Waals surface area contributed by atoms with Crippen molar-refractivity contribution in [2.45, 2.75) is 0 Å². The van der Waals surface area contributed by atoms with Gasteiger partial charge in [0.2, 0.25) is 0 Å². The molecule has 0 atom stereocenters. The number of hydrogen-bond donors (Lipinski definition) is 1. The van der Waals surface area contributed by atoms with Gasteiger partial charge in [-0.1, -0.05) is 35.9 Å². The maximum atomic E-state index is 12.9. The molecule has 3 aromatic rings. The zero-order valence-electron chi connectivity index (χ0n) is 18.7. The smallest absolute Gasteiger partial charge is 0.335 e. The number of para-hydroxylation sites is 2. The minimum Gasteiger partial charge on any atom is -0.493 e. The minimum absolute atomic E-state index is 0.168. The number of rotatable bonds is 8. The summed E-state index contributed by atoms with van der Waals surface area (Å²) in [6.07, 6.45) is 1.42. The maximum absolute atomic E-state index is 12.9. The van der Waals surface area contributed by atoms with E-state index in [1.165, 1.54) is 18.2 Å². The second kappa shape index (κ2) is 10.8. The fraction of sp³-hybridized carbons (Fsp3) is 0.115. The summed E-state index contributed by atoms with van der Waals surface area (Å²) in [7, 11) is 1.58. The van der Waals surface area contributed by atoms with Gasteiger partial charge in [-0.25, -0.2) is 9.69 Å². The van der Waals surface area contributed by atoms with Crippen molar-refractivity contribution in [2.24, 2.45) is 0 Å². The molecule has 1 saturated heterocycles. The zero-order valence-corrected chi connectivity index (χ0v) is 19.5. The van der Waals surface area contributed by atoms with E-state index in [4.69, 9.17) is 25.8 Å². The summed E-state index contributed by atoms with van der Waals surface area (Å²) in [5, 5.41) is 2.65. The average Bonchev–Trinajstić information content (AvgIpc) is 2.86. The molecule has 0 unspecified atom stereocenters. The van der Waals surface area contributed by atoms with Crippen LogP contribution in [-0.4, -0.2) is 38.2 Å². The van der Waals surface area contributed by atoms with Gasteiger partial charge in [-0.05, 0) is 60.2 Å². The predicted octanol–water partition coefficient (Wildman–Crippen LogP) is 4.47. The van der Waals surface area contributed by atoms with E-state index in [2.05, 4.69) is 5.32 Å². The van der Waals surface area contributed by atoms with Crippen LogP contribution in [0.4, 0.5) is 10.5 Å². The molecule has 1 heterocycles. The lowest BCUT2D eigenvalue weighted by Gasteiger charge is -2.26. The Morgan fingerprint density at radius 2 is 1.51 bits per heavy atom. The summed E-state index contributed by atoms with van der Waals surface area (Å²) in [5.41, 5.74) is 0.722. The number of anilines is 1. The molecule has 3 aromatic carbocycles. The van der Waals surface area contributed by atoms with Crippen molar-refractivity contribution < 1.29 is 28.6 Å². The van der Waals surface area contributed by atoms with Crippen molar-refractivity contribution in [1.82, 2.24) is 5.32 Å². The lowest BCUT2D eigenvalue weighted by atomic mass is 10.1. The summed E-state index contributed by atoms with van der Waals surface area (Å²) >= 11 is 5.88. The van der Waals surface area contributed by atoms with Crippen LogP contribution in [0.2, 0.25) is 5.02 Å². The van der Waals surface area contributed by atoms with E-state index in [-0.39, 0.29) is 5.57 Å². The Morgan fingerprint density at radius 3 is 2.20 bits per heavy atom. The SMILES string of the molecule is COc1ccccc1OCCOc1ccc(/C=C2\C(=O)NC(=O)N(c3ccc(Cl)cc3)C2=O)cc1. The van der Waals surface area contributed by atoms with Gasteiger partial charge in [-0.3, -0.25) is 14.9 Å². The molecule has 35 heavy (non-hydrogen) atoms. The normalized spacial score (nSPS) is 14.6. The third kappa shape index (κ3) is 5.62. The van der Waals surface area contributed by atoms with Crippen LogP contribution >= 0.6 is 11.6 Å². The highest BCUT2D eigenvalue weighted by Crippen LogP contribution is 2.26. The van der Waals surface area contributed by atoms with Crippen LogP contribution in [0.5, 0.6) is 17.2 Å². The molecular formula is C26H21ClN2O6. The number of carbonyl (C=O) groups is 3. The number of nitrogens with zero attached hydrogens (tertiary/aromatic N) is 1. The van der Waals surface area contributed by atoms with E-state index < -0.39 is 17.8 Å². The first kappa shape index (κ1) is 23.8. The van der Waals surface area contributed by atoms with Crippen molar-refractivity contribution >= 4 is 41.2 Å². The van der Waals surface area contributed by atoms with Crippen LogP contribution in [0.25, 0.3) is 6.08 Å². The van der Waals surface area contributed by atoms with Crippen molar-refractivity contribution in [1.29, 1.82) is 0 Å². The van der Waals surface area contributed by atoms with E-state index in [9.17, 15) is 14.4 Å². The second-order valence-corrected chi connectivity index (χ2v) is 7.79. The molecule has 1 fully saturated rings. The van der Waals surface area contributed by atoms with Gasteiger partial charge in [0.25, 0.3) is 11.8 Å². The first-order valence-corrected chi connectivity index (χ1v) is 11.0. The van der Waals surface area contributed by atoms with Crippen molar-refractivity contribution in [2.75, 3.05) is 25.2 Å². The molecule has 0 radical (unpaired) electrons. The number of methoxy groups -OCH3 is 1. The lowest BCUT2D eigenvalue weighted by Crippen LogP contribution is -2.54. The number of nitrogens with one attached hydrogen (secondary N) is 1. The van der Waals surface area contributed by atoms with Gasteiger partial charge in [0.05, 0.1) is 12.8 Å². The van der Waals surface area contributed by atoms with Gasteiger partial charge in [-0.15, -0.1) is 0 Å². The van der Waals surface area contributed by atoms with Crippen LogP contribution < -0.4 is 24.4 Å². The Bertz CT molecular complexity index is 1270. The molecule has 9 heteroatoms. The minimum atomic E-state index is -0.821. The van der Waals surface area contributed by atoms with Gasteiger partial charge in [0, 0.05) is 5.02 Å². The molecule has 1 aliphatic heterocycles. The highest BCUT2D eigenvalue weighted by molar-refractivity contribution is 6.39. The van der Waals surface area contributed by atoms with Crippen molar-refractivity contribution in [3.8, 4) is 17.2 Å². The van der Waals surface area contributed by atoms with Crippen LogP contribution in [0.1, 0.15) is 5.56 Å². The van der Waals surface area contributed by atoms with Crippen LogP contribution in [-0.2, 0) is 9.59 Å². The molecular weight excluding hydrogens is 472 g/mol. The van der Waals surface area contributed by atoms with E-state index >= 15 is 0 Å². The van der Waals surface area contributed by atoms with Gasteiger partial charge in [0.1, 0.15) is 24.5 Å². The first-order valence-electron chi connectivity index (χ1n) is 10.6. The summed E-state index contributed by atoms with van der Waals surface area (Å²) in [5.74, 6) is 0.367. The Labute approximate surface area is 206 Å². The molecule has 0 spiro atoms. The van der Waals surface area contributed by atoms with Crippen LogP contribution in [0, 0.1) is 0 Å². The van der Waals surface area contributed by atoms with Crippen LogP contribution in [0.3, 0.4) is 0 Å². The monoisotopic (exact) mass is 492 g/mol. The Morgan fingerprint density at radius 1 is 0.857 bits per heavy atom. The highest BCUT2D eigenvalue weighted by Gasteiger charge is 2.36. The highest BCUT2D eigenvalue weighted by atomic mass is 35.5. The third-order valence-electron chi connectivity index (χ3n) is 5.06. The molecule has 0 bridgehead atoms. The molecule has 4 rings (SSSR count). The van der Waals surface area contributed by atoms with Gasteiger partial charge < -0.3 is 14.2 Å². The fourth-order valence-electron chi connectivity index (χ4n) is 3.36.